The molecule has 0 spiro atoms. The van der Waals surface area contributed by atoms with Crippen molar-refractivity contribution >= 4 is 52.2 Å². The number of carbonyl (C=O) groups is 2. The zero-order valence-corrected chi connectivity index (χ0v) is 15.8. The number of nitrogens with one attached hydrogen (secondary N) is 1. The summed E-state index contributed by atoms with van der Waals surface area (Å²) in [5, 5.41) is 12.3. The highest BCUT2D eigenvalue weighted by Crippen LogP contribution is 2.31. The third-order valence-electron chi connectivity index (χ3n) is 3.57. The van der Waals surface area contributed by atoms with Crippen LogP contribution in [0.4, 0.5) is 5.69 Å². The molecule has 0 aromatic heterocycles. The summed E-state index contributed by atoms with van der Waals surface area (Å²) in [5.74, 6) is -0.731. The zero-order valence-electron chi connectivity index (χ0n) is 14.2. The lowest BCUT2D eigenvalue weighted by molar-refractivity contribution is -0.115. The lowest BCUT2D eigenvalue weighted by Gasteiger charge is -2.06. The summed E-state index contributed by atoms with van der Waals surface area (Å²) in [7, 11) is 0. The first-order chi connectivity index (χ1) is 13.0. The monoisotopic (exact) mass is 402 g/mol. The maximum atomic E-state index is 12.2. The van der Waals surface area contributed by atoms with E-state index in [4.69, 9.17) is 21.4 Å². The van der Waals surface area contributed by atoms with Crippen molar-refractivity contribution in [3.8, 4) is 5.75 Å². The van der Waals surface area contributed by atoms with Crippen LogP contribution in [0.15, 0.2) is 52.4 Å². The summed E-state index contributed by atoms with van der Waals surface area (Å²) in [5.41, 5.74) is 1.13. The number of halogens is 1. The minimum absolute atomic E-state index is 0.0470. The highest BCUT2D eigenvalue weighted by molar-refractivity contribution is 8.18. The molecule has 1 aliphatic heterocycles. The number of thioether (sulfide) groups is 1. The molecule has 1 fully saturated rings. The van der Waals surface area contributed by atoms with Gasteiger partial charge in [0.15, 0.2) is 5.17 Å². The van der Waals surface area contributed by atoms with Crippen LogP contribution < -0.4 is 10.1 Å². The number of amides is 1. The summed E-state index contributed by atoms with van der Waals surface area (Å²) in [6.07, 6.45) is 1.73. The van der Waals surface area contributed by atoms with E-state index in [-0.39, 0.29) is 16.5 Å². The van der Waals surface area contributed by atoms with E-state index in [1.165, 1.54) is 23.9 Å². The molecule has 6 nitrogen and oxygen atoms in total. The molecule has 27 heavy (non-hydrogen) atoms. The molecule has 0 unspecified atom stereocenters. The van der Waals surface area contributed by atoms with Crippen LogP contribution in [0.1, 0.15) is 22.8 Å². The van der Waals surface area contributed by atoms with Crippen molar-refractivity contribution < 1.29 is 19.4 Å². The Hall–Kier alpha value is -2.77. The Kier molecular flexibility index (Phi) is 5.83. The van der Waals surface area contributed by atoms with E-state index < -0.39 is 5.97 Å². The van der Waals surface area contributed by atoms with Gasteiger partial charge in [0.05, 0.1) is 27.8 Å². The molecule has 3 rings (SSSR count). The van der Waals surface area contributed by atoms with E-state index in [0.717, 1.165) is 5.56 Å². The highest BCUT2D eigenvalue weighted by Gasteiger charge is 2.24. The molecule has 8 heteroatoms. The van der Waals surface area contributed by atoms with Gasteiger partial charge >= 0.3 is 5.97 Å². The Morgan fingerprint density at radius 1 is 1.33 bits per heavy atom. The first-order valence-electron chi connectivity index (χ1n) is 8.02. The molecule has 0 radical (unpaired) electrons. The molecule has 2 N–H and O–H groups in total. The van der Waals surface area contributed by atoms with Gasteiger partial charge in [-0.25, -0.2) is 9.79 Å². The molecule has 0 atom stereocenters. The van der Waals surface area contributed by atoms with Crippen molar-refractivity contribution in [3.63, 3.8) is 0 Å². The summed E-state index contributed by atoms with van der Waals surface area (Å²) in [6.45, 7) is 2.41. The molecule has 0 saturated carbocycles. The van der Waals surface area contributed by atoms with Gasteiger partial charge in [0.1, 0.15) is 5.75 Å². The number of aromatic carboxylic acids is 1. The van der Waals surface area contributed by atoms with Gasteiger partial charge in [0, 0.05) is 5.56 Å². The van der Waals surface area contributed by atoms with Crippen LogP contribution in [0.3, 0.4) is 0 Å². The number of nitrogens with zero attached hydrogens (tertiary/aromatic N) is 1. The summed E-state index contributed by atoms with van der Waals surface area (Å²) < 4.78 is 5.57. The normalized spacial score (nSPS) is 16.6. The first kappa shape index (κ1) is 19.0. The standard InChI is InChI=1S/C19H15ClN2O4S/c1-2-26-15-6-4-3-5-11(15)9-16-17(23)22-19(27-16)21-12-7-8-14(20)13(10-12)18(24)25/h3-10H,2H2,1H3,(H,24,25)(H,21,22,23)/b16-9-. The summed E-state index contributed by atoms with van der Waals surface area (Å²) in [4.78, 5) is 28.2. The Morgan fingerprint density at radius 2 is 2.11 bits per heavy atom. The molecule has 1 aliphatic rings. The predicted octanol–water partition coefficient (Wildman–Crippen LogP) is 4.33. The smallest absolute Gasteiger partial charge is 0.337 e. The number of carboxylic acid groups (broad SMARTS) is 1. The van der Waals surface area contributed by atoms with Gasteiger partial charge in [-0.1, -0.05) is 29.8 Å². The minimum Gasteiger partial charge on any atom is -0.493 e. The van der Waals surface area contributed by atoms with Crippen LogP contribution in [0.25, 0.3) is 6.08 Å². The quantitative estimate of drug-likeness (QED) is 0.727. The second-order valence-electron chi connectivity index (χ2n) is 5.42. The van der Waals surface area contributed by atoms with Crippen LogP contribution >= 0.6 is 23.4 Å². The van der Waals surface area contributed by atoms with Gasteiger partial charge in [0.25, 0.3) is 5.91 Å². The number of hydrogen-bond acceptors (Lipinski definition) is 5. The molecular formula is C19H15ClN2O4S. The van der Waals surface area contributed by atoms with Gasteiger partial charge in [-0.05, 0) is 49.0 Å². The average Bonchev–Trinajstić information content (AvgIpc) is 2.97. The maximum absolute atomic E-state index is 12.2. The molecular weight excluding hydrogens is 388 g/mol. The summed E-state index contributed by atoms with van der Waals surface area (Å²) in [6, 6.07) is 11.8. The number of amidine groups is 1. The van der Waals surface area contributed by atoms with Gasteiger partial charge in [-0.15, -0.1) is 0 Å². The Bertz CT molecular complexity index is 972. The highest BCUT2D eigenvalue weighted by atomic mass is 35.5. The van der Waals surface area contributed by atoms with E-state index in [9.17, 15) is 9.59 Å². The van der Waals surface area contributed by atoms with Crippen LogP contribution in [-0.2, 0) is 4.79 Å². The molecule has 138 valence electrons. The van der Waals surface area contributed by atoms with Gasteiger partial charge in [-0.2, -0.15) is 0 Å². The van der Waals surface area contributed by atoms with Gasteiger partial charge in [0.2, 0.25) is 0 Å². The van der Waals surface area contributed by atoms with Gasteiger partial charge < -0.3 is 15.2 Å². The fourth-order valence-corrected chi connectivity index (χ4v) is 3.40. The number of rotatable bonds is 5. The number of carbonyl (C=O) groups excluding carboxylic acids is 1. The van der Waals surface area contributed by atoms with Crippen molar-refractivity contribution in [2.45, 2.75) is 6.92 Å². The van der Waals surface area contributed by atoms with E-state index in [2.05, 4.69) is 10.3 Å². The average molecular weight is 403 g/mol. The molecule has 1 amide bonds. The number of para-hydroxylation sites is 1. The molecule has 0 aliphatic carbocycles. The Labute approximate surface area is 164 Å². The fraction of sp³-hybridized carbons (Fsp3) is 0.105. The van der Waals surface area contributed by atoms with Crippen molar-refractivity contribution in [1.82, 2.24) is 5.32 Å². The van der Waals surface area contributed by atoms with E-state index >= 15 is 0 Å². The molecule has 0 bridgehead atoms. The number of hydrogen-bond donors (Lipinski definition) is 2. The van der Waals surface area contributed by atoms with Crippen molar-refractivity contribution in [2.75, 3.05) is 6.61 Å². The van der Waals surface area contributed by atoms with Gasteiger partial charge in [-0.3, -0.25) is 4.79 Å². The number of ether oxygens (including phenoxy) is 1. The third-order valence-corrected chi connectivity index (χ3v) is 4.81. The minimum atomic E-state index is -1.14. The lowest BCUT2D eigenvalue weighted by Crippen LogP contribution is -2.19. The number of benzene rings is 2. The topological polar surface area (TPSA) is 88.0 Å². The third kappa shape index (κ3) is 4.50. The van der Waals surface area contributed by atoms with E-state index in [1.54, 1.807) is 12.1 Å². The van der Waals surface area contributed by atoms with Crippen LogP contribution in [0.2, 0.25) is 5.02 Å². The Morgan fingerprint density at radius 3 is 2.85 bits per heavy atom. The van der Waals surface area contributed by atoms with Crippen LogP contribution in [-0.4, -0.2) is 28.8 Å². The lowest BCUT2D eigenvalue weighted by atomic mass is 10.2. The predicted molar refractivity (Wildman–Crippen MR) is 107 cm³/mol. The van der Waals surface area contributed by atoms with Crippen molar-refractivity contribution in [3.05, 3.63) is 63.5 Å². The number of carboxylic acids is 1. The van der Waals surface area contributed by atoms with Crippen molar-refractivity contribution in [1.29, 1.82) is 0 Å². The SMILES string of the molecule is CCOc1ccccc1/C=C1\SC(=Nc2ccc(Cl)c(C(=O)O)c2)NC1=O. The van der Waals surface area contributed by atoms with E-state index in [1.807, 2.05) is 31.2 Å². The van der Waals surface area contributed by atoms with Crippen LogP contribution in [0, 0.1) is 0 Å². The summed E-state index contributed by atoms with van der Waals surface area (Å²) >= 11 is 7.03. The fourth-order valence-electron chi connectivity index (χ4n) is 2.37. The molecule has 1 heterocycles. The maximum Gasteiger partial charge on any atom is 0.337 e. The Balaban J connectivity index is 1.87. The second-order valence-corrected chi connectivity index (χ2v) is 6.86. The number of aliphatic imine (C=N–C) groups is 1. The second kappa shape index (κ2) is 8.28. The van der Waals surface area contributed by atoms with E-state index in [0.29, 0.717) is 28.1 Å². The first-order valence-corrected chi connectivity index (χ1v) is 9.21. The van der Waals surface area contributed by atoms with Crippen LogP contribution in [0.5, 0.6) is 5.75 Å². The molecule has 1 saturated heterocycles. The molecule has 2 aromatic carbocycles. The zero-order chi connectivity index (χ0) is 19.4. The molecule has 2 aromatic rings. The largest absolute Gasteiger partial charge is 0.493 e. The van der Waals surface area contributed by atoms with Crippen molar-refractivity contribution in [2.24, 2.45) is 4.99 Å².